The van der Waals surface area contributed by atoms with Gasteiger partial charge < -0.3 is 4.98 Å². The van der Waals surface area contributed by atoms with E-state index in [9.17, 15) is 4.79 Å². The Bertz CT molecular complexity index is 1110. The maximum atomic E-state index is 13.3. The highest BCUT2D eigenvalue weighted by Gasteiger charge is 2.34. The topological polar surface area (TPSA) is 79.7 Å². The zero-order valence-electron chi connectivity index (χ0n) is 18.5. The fourth-order valence-corrected chi connectivity index (χ4v) is 5.58. The van der Waals surface area contributed by atoms with Gasteiger partial charge in [-0.1, -0.05) is 43.7 Å². The summed E-state index contributed by atoms with van der Waals surface area (Å²) >= 11 is 0. The van der Waals surface area contributed by atoms with Crippen LogP contribution in [0.2, 0.25) is 0 Å². The number of fused-ring (bicyclic) bond motifs is 1. The minimum Gasteiger partial charge on any atom is -0.322 e. The zero-order valence-corrected chi connectivity index (χ0v) is 18.5. The highest BCUT2D eigenvalue weighted by molar-refractivity contribution is 5.79. The standard InChI is InChI=1S/C24H32N6O/c1-16-12-13-21-17(14-16)15-20(24(31)25-21)22(29(2)18-8-4-3-5-9-18)23-26-27-28-30(23)19-10-6-7-11-19/h12-15,18-19,22H,3-11H2,1-2H3,(H,25,31)/t22-/m1/s1. The molecule has 7 heteroatoms. The smallest absolute Gasteiger partial charge is 0.253 e. The number of aromatic amines is 1. The molecular formula is C24H32N6O. The summed E-state index contributed by atoms with van der Waals surface area (Å²) in [6.45, 7) is 2.08. The molecule has 0 spiro atoms. The number of tetrazole rings is 1. The summed E-state index contributed by atoms with van der Waals surface area (Å²) in [5, 5.41) is 14.0. The predicted molar refractivity (Wildman–Crippen MR) is 121 cm³/mol. The van der Waals surface area contributed by atoms with E-state index in [1.165, 1.54) is 37.7 Å². The Hall–Kier alpha value is -2.54. The van der Waals surface area contributed by atoms with Crippen LogP contribution in [0.3, 0.4) is 0 Å². The van der Waals surface area contributed by atoms with E-state index in [0.717, 1.165) is 48.0 Å². The zero-order chi connectivity index (χ0) is 21.4. The van der Waals surface area contributed by atoms with Crippen molar-refractivity contribution in [1.29, 1.82) is 0 Å². The number of hydrogen-bond donors (Lipinski definition) is 1. The molecule has 2 aromatic heterocycles. The summed E-state index contributed by atoms with van der Waals surface area (Å²) in [5.41, 5.74) is 2.73. The maximum absolute atomic E-state index is 13.3. The largest absolute Gasteiger partial charge is 0.322 e. The second kappa shape index (κ2) is 8.54. The van der Waals surface area contributed by atoms with Crippen LogP contribution >= 0.6 is 0 Å². The van der Waals surface area contributed by atoms with Crippen LogP contribution in [-0.2, 0) is 0 Å². The molecule has 2 aliphatic rings. The summed E-state index contributed by atoms with van der Waals surface area (Å²) < 4.78 is 2.01. The van der Waals surface area contributed by atoms with Gasteiger partial charge in [0.1, 0.15) is 6.04 Å². The molecule has 0 saturated heterocycles. The predicted octanol–water partition coefficient (Wildman–Crippen LogP) is 4.29. The van der Waals surface area contributed by atoms with Crippen molar-refractivity contribution in [2.75, 3.05) is 7.05 Å². The third-order valence-electron chi connectivity index (χ3n) is 7.31. The normalized spacial score (nSPS) is 19.5. The van der Waals surface area contributed by atoms with Crippen molar-refractivity contribution < 1.29 is 0 Å². The first-order chi connectivity index (χ1) is 15.1. The Morgan fingerprint density at radius 2 is 1.81 bits per heavy atom. The maximum Gasteiger partial charge on any atom is 0.253 e. The van der Waals surface area contributed by atoms with Crippen LogP contribution in [0.25, 0.3) is 10.9 Å². The Balaban J connectivity index is 1.64. The summed E-state index contributed by atoms with van der Waals surface area (Å²) in [4.78, 5) is 18.8. The van der Waals surface area contributed by atoms with E-state index in [4.69, 9.17) is 0 Å². The fourth-order valence-electron chi connectivity index (χ4n) is 5.58. The second-order valence-electron chi connectivity index (χ2n) is 9.42. The second-order valence-corrected chi connectivity index (χ2v) is 9.42. The van der Waals surface area contributed by atoms with Gasteiger partial charge >= 0.3 is 0 Å². The SMILES string of the molecule is Cc1ccc2[nH]c(=O)c([C@H](c3nnnn3C3CCCC3)N(C)C3CCCCC3)cc2c1. The molecule has 1 aromatic carbocycles. The van der Waals surface area contributed by atoms with Crippen LogP contribution < -0.4 is 5.56 Å². The first-order valence-corrected chi connectivity index (χ1v) is 11.7. The Labute approximate surface area is 182 Å². The molecule has 0 radical (unpaired) electrons. The number of benzene rings is 1. The van der Waals surface area contributed by atoms with Crippen LogP contribution in [-0.4, -0.2) is 43.2 Å². The van der Waals surface area contributed by atoms with Gasteiger partial charge in [0.25, 0.3) is 5.56 Å². The molecule has 0 aliphatic heterocycles. The third kappa shape index (κ3) is 3.91. The summed E-state index contributed by atoms with van der Waals surface area (Å²) in [5.74, 6) is 0.803. The highest BCUT2D eigenvalue weighted by atomic mass is 16.1. The molecule has 2 saturated carbocycles. The van der Waals surface area contributed by atoms with Crippen molar-refractivity contribution in [3.63, 3.8) is 0 Å². The van der Waals surface area contributed by atoms with E-state index in [1.807, 2.05) is 16.8 Å². The minimum atomic E-state index is -0.257. The van der Waals surface area contributed by atoms with E-state index in [2.05, 4.69) is 51.5 Å². The van der Waals surface area contributed by atoms with Crippen LogP contribution in [0.4, 0.5) is 0 Å². The van der Waals surface area contributed by atoms with Crippen LogP contribution in [0.1, 0.15) is 86.8 Å². The molecule has 0 amide bonds. The van der Waals surface area contributed by atoms with E-state index >= 15 is 0 Å². The van der Waals surface area contributed by atoms with E-state index in [1.54, 1.807) is 0 Å². The molecule has 1 atom stereocenters. The summed E-state index contributed by atoms with van der Waals surface area (Å²) in [7, 11) is 2.15. The minimum absolute atomic E-state index is 0.0509. The van der Waals surface area contributed by atoms with Gasteiger partial charge in [-0.25, -0.2) is 4.68 Å². The number of nitrogens with zero attached hydrogens (tertiary/aromatic N) is 5. The number of nitrogens with one attached hydrogen (secondary N) is 1. The van der Waals surface area contributed by atoms with Crippen molar-refractivity contribution in [1.82, 2.24) is 30.1 Å². The van der Waals surface area contributed by atoms with Crippen molar-refractivity contribution in [3.05, 3.63) is 51.6 Å². The summed E-state index contributed by atoms with van der Waals surface area (Å²) in [6.07, 6.45) is 10.7. The number of aromatic nitrogens is 5. The Morgan fingerprint density at radius 3 is 2.58 bits per heavy atom. The van der Waals surface area contributed by atoms with Gasteiger partial charge in [0.2, 0.25) is 0 Å². The van der Waals surface area contributed by atoms with Gasteiger partial charge in [0.15, 0.2) is 5.82 Å². The number of H-pyrrole nitrogens is 1. The number of pyridine rings is 1. The molecular weight excluding hydrogens is 388 g/mol. The van der Waals surface area contributed by atoms with Gasteiger partial charge in [-0.2, -0.15) is 0 Å². The average molecular weight is 421 g/mol. The monoisotopic (exact) mass is 420 g/mol. The Kier molecular flexibility index (Phi) is 5.61. The van der Waals surface area contributed by atoms with Crippen molar-refractivity contribution in [2.45, 2.75) is 82.8 Å². The van der Waals surface area contributed by atoms with Crippen molar-refractivity contribution in [3.8, 4) is 0 Å². The van der Waals surface area contributed by atoms with E-state index in [0.29, 0.717) is 12.1 Å². The molecule has 7 nitrogen and oxygen atoms in total. The van der Waals surface area contributed by atoms with Crippen LogP contribution in [0.5, 0.6) is 0 Å². The van der Waals surface area contributed by atoms with Gasteiger partial charge in [0.05, 0.1) is 6.04 Å². The number of hydrogen-bond acceptors (Lipinski definition) is 5. The first-order valence-electron chi connectivity index (χ1n) is 11.7. The molecule has 2 fully saturated rings. The van der Waals surface area contributed by atoms with E-state index in [-0.39, 0.29) is 11.6 Å². The van der Waals surface area contributed by atoms with E-state index < -0.39 is 0 Å². The molecule has 2 heterocycles. The first kappa shape index (κ1) is 20.4. The molecule has 0 bridgehead atoms. The number of aryl methyl sites for hydroxylation is 1. The van der Waals surface area contributed by atoms with Gasteiger partial charge in [-0.05, 0) is 73.7 Å². The van der Waals surface area contributed by atoms with Crippen LogP contribution in [0, 0.1) is 6.92 Å². The molecule has 5 rings (SSSR count). The van der Waals surface area contributed by atoms with Gasteiger partial charge in [-0.15, -0.1) is 5.10 Å². The molecule has 164 valence electrons. The summed E-state index contributed by atoms with van der Waals surface area (Å²) in [6, 6.07) is 8.70. The van der Waals surface area contributed by atoms with Gasteiger partial charge in [0, 0.05) is 17.1 Å². The Morgan fingerprint density at radius 1 is 1.06 bits per heavy atom. The molecule has 31 heavy (non-hydrogen) atoms. The lowest BCUT2D eigenvalue weighted by molar-refractivity contribution is 0.147. The lowest BCUT2D eigenvalue weighted by Crippen LogP contribution is -2.40. The molecule has 1 N–H and O–H groups in total. The molecule has 3 aromatic rings. The molecule has 2 aliphatic carbocycles. The fraction of sp³-hybridized carbons (Fsp3) is 0.583. The van der Waals surface area contributed by atoms with Crippen LogP contribution in [0.15, 0.2) is 29.1 Å². The lowest BCUT2D eigenvalue weighted by Gasteiger charge is -2.36. The van der Waals surface area contributed by atoms with Crippen molar-refractivity contribution >= 4 is 10.9 Å². The molecule has 0 unspecified atom stereocenters. The lowest BCUT2D eigenvalue weighted by atomic mass is 9.92. The number of rotatable bonds is 5. The quantitative estimate of drug-likeness (QED) is 0.666. The third-order valence-corrected chi connectivity index (χ3v) is 7.31. The van der Waals surface area contributed by atoms with Gasteiger partial charge in [-0.3, -0.25) is 9.69 Å². The average Bonchev–Trinajstić information content (AvgIpc) is 3.47. The highest BCUT2D eigenvalue weighted by Crippen LogP contribution is 2.36. The van der Waals surface area contributed by atoms with Crippen molar-refractivity contribution in [2.24, 2.45) is 0 Å².